The SMILES string of the molecule is CC(C)c1ccc(-n2ccnn2)cc1F. The van der Waals surface area contributed by atoms with Crippen LogP contribution in [0.2, 0.25) is 0 Å². The normalized spacial score (nSPS) is 10.9. The predicted octanol–water partition coefficient (Wildman–Crippen LogP) is 2.53. The van der Waals surface area contributed by atoms with Crippen LogP contribution in [-0.2, 0) is 0 Å². The molecule has 2 aromatic rings. The Hall–Kier alpha value is -1.71. The molecule has 2 rings (SSSR count). The fraction of sp³-hybridized carbons (Fsp3) is 0.273. The summed E-state index contributed by atoms with van der Waals surface area (Å²) in [4.78, 5) is 0. The fourth-order valence-corrected chi connectivity index (χ4v) is 1.47. The Morgan fingerprint density at radius 1 is 1.33 bits per heavy atom. The zero-order chi connectivity index (χ0) is 10.8. The van der Waals surface area contributed by atoms with Gasteiger partial charge in [0.25, 0.3) is 0 Å². The van der Waals surface area contributed by atoms with Gasteiger partial charge in [0.05, 0.1) is 18.1 Å². The number of benzene rings is 1. The molecule has 0 aliphatic rings. The number of halogens is 1. The van der Waals surface area contributed by atoms with Crippen molar-refractivity contribution in [1.29, 1.82) is 0 Å². The average Bonchev–Trinajstić information content (AvgIpc) is 2.69. The standard InChI is InChI=1S/C11H12FN3/c1-8(2)10-4-3-9(7-11(10)12)15-6-5-13-14-15/h3-8H,1-2H3. The molecule has 0 bridgehead atoms. The average molecular weight is 205 g/mol. The fourth-order valence-electron chi connectivity index (χ4n) is 1.47. The topological polar surface area (TPSA) is 30.7 Å². The molecule has 0 saturated heterocycles. The van der Waals surface area contributed by atoms with Gasteiger partial charge in [-0.15, -0.1) is 5.10 Å². The molecule has 0 aliphatic heterocycles. The number of aromatic nitrogens is 3. The molecule has 15 heavy (non-hydrogen) atoms. The molecule has 1 heterocycles. The minimum absolute atomic E-state index is 0.190. The van der Waals surface area contributed by atoms with E-state index >= 15 is 0 Å². The number of hydrogen-bond donors (Lipinski definition) is 0. The van der Waals surface area contributed by atoms with Gasteiger partial charge in [-0.3, -0.25) is 0 Å². The highest BCUT2D eigenvalue weighted by Gasteiger charge is 2.08. The second kappa shape index (κ2) is 3.81. The molecular weight excluding hydrogens is 193 g/mol. The summed E-state index contributed by atoms with van der Waals surface area (Å²) in [7, 11) is 0. The van der Waals surface area contributed by atoms with Gasteiger partial charge in [0, 0.05) is 0 Å². The van der Waals surface area contributed by atoms with Crippen molar-refractivity contribution in [1.82, 2.24) is 15.0 Å². The van der Waals surface area contributed by atoms with Crippen molar-refractivity contribution in [3.63, 3.8) is 0 Å². The van der Waals surface area contributed by atoms with Crippen molar-refractivity contribution in [2.75, 3.05) is 0 Å². The van der Waals surface area contributed by atoms with E-state index < -0.39 is 0 Å². The van der Waals surface area contributed by atoms with Crippen LogP contribution in [0.25, 0.3) is 5.69 Å². The Bertz CT molecular complexity index is 449. The summed E-state index contributed by atoms with van der Waals surface area (Å²) in [6.45, 7) is 3.93. The smallest absolute Gasteiger partial charge is 0.128 e. The quantitative estimate of drug-likeness (QED) is 0.754. The second-order valence-corrected chi connectivity index (χ2v) is 3.71. The Balaban J connectivity index is 2.42. The lowest BCUT2D eigenvalue weighted by Crippen LogP contribution is -1.99. The monoisotopic (exact) mass is 205 g/mol. The van der Waals surface area contributed by atoms with Gasteiger partial charge in [-0.25, -0.2) is 9.07 Å². The highest BCUT2D eigenvalue weighted by Crippen LogP contribution is 2.20. The molecule has 3 nitrogen and oxygen atoms in total. The van der Waals surface area contributed by atoms with Gasteiger partial charge in [-0.2, -0.15) is 0 Å². The molecule has 4 heteroatoms. The molecule has 0 radical (unpaired) electrons. The van der Waals surface area contributed by atoms with E-state index in [2.05, 4.69) is 10.3 Å². The molecule has 0 saturated carbocycles. The van der Waals surface area contributed by atoms with Crippen molar-refractivity contribution in [2.24, 2.45) is 0 Å². The van der Waals surface area contributed by atoms with Gasteiger partial charge >= 0.3 is 0 Å². The van der Waals surface area contributed by atoms with Gasteiger partial charge in [0.1, 0.15) is 5.82 Å². The first kappa shape index (κ1) is 9.83. The van der Waals surface area contributed by atoms with E-state index in [4.69, 9.17) is 0 Å². The van der Waals surface area contributed by atoms with E-state index in [1.54, 1.807) is 18.5 Å². The van der Waals surface area contributed by atoms with Gasteiger partial charge in [0.2, 0.25) is 0 Å². The first-order valence-corrected chi connectivity index (χ1v) is 4.84. The minimum atomic E-state index is -0.196. The van der Waals surface area contributed by atoms with Gasteiger partial charge in [-0.1, -0.05) is 25.1 Å². The summed E-state index contributed by atoms with van der Waals surface area (Å²) in [6, 6.07) is 5.11. The second-order valence-electron chi connectivity index (χ2n) is 3.71. The summed E-state index contributed by atoms with van der Waals surface area (Å²) in [5.74, 6) is -0.00667. The van der Waals surface area contributed by atoms with Gasteiger partial charge in [0.15, 0.2) is 0 Å². The van der Waals surface area contributed by atoms with Crippen LogP contribution < -0.4 is 0 Å². The van der Waals surface area contributed by atoms with Crippen LogP contribution in [0.3, 0.4) is 0 Å². The van der Waals surface area contributed by atoms with E-state index in [0.29, 0.717) is 5.69 Å². The van der Waals surface area contributed by atoms with E-state index in [0.717, 1.165) is 5.56 Å². The van der Waals surface area contributed by atoms with E-state index in [9.17, 15) is 4.39 Å². The van der Waals surface area contributed by atoms with Crippen LogP contribution in [-0.4, -0.2) is 15.0 Å². The lowest BCUT2D eigenvalue weighted by molar-refractivity contribution is 0.595. The maximum atomic E-state index is 13.6. The third-order valence-electron chi connectivity index (χ3n) is 2.29. The Labute approximate surface area is 87.5 Å². The number of nitrogens with zero attached hydrogens (tertiary/aromatic N) is 3. The summed E-state index contributed by atoms with van der Waals surface area (Å²) in [6.07, 6.45) is 3.25. The first-order valence-electron chi connectivity index (χ1n) is 4.84. The molecule has 0 aliphatic carbocycles. The third kappa shape index (κ3) is 1.88. The van der Waals surface area contributed by atoms with Crippen LogP contribution in [0.15, 0.2) is 30.6 Å². The van der Waals surface area contributed by atoms with Crippen molar-refractivity contribution < 1.29 is 4.39 Å². The van der Waals surface area contributed by atoms with Crippen LogP contribution >= 0.6 is 0 Å². The molecule has 0 fully saturated rings. The van der Waals surface area contributed by atoms with E-state index in [1.165, 1.54) is 10.7 Å². The van der Waals surface area contributed by atoms with Crippen LogP contribution in [0.1, 0.15) is 25.3 Å². The highest BCUT2D eigenvalue weighted by molar-refractivity contribution is 5.35. The van der Waals surface area contributed by atoms with Crippen molar-refractivity contribution in [3.05, 3.63) is 42.0 Å². The Morgan fingerprint density at radius 2 is 2.13 bits per heavy atom. The van der Waals surface area contributed by atoms with Crippen LogP contribution in [0.5, 0.6) is 0 Å². The lowest BCUT2D eigenvalue weighted by atomic mass is 10.0. The molecule has 78 valence electrons. The van der Waals surface area contributed by atoms with Crippen molar-refractivity contribution in [3.8, 4) is 5.69 Å². The first-order chi connectivity index (χ1) is 7.18. The zero-order valence-electron chi connectivity index (χ0n) is 8.68. The highest BCUT2D eigenvalue weighted by atomic mass is 19.1. The maximum Gasteiger partial charge on any atom is 0.128 e. The van der Waals surface area contributed by atoms with Gasteiger partial charge in [-0.05, 0) is 23.6 Å². The Morgan fingerprint density at radius 3 is 2.67 bits per heavy atom. The summed E-state index contributed by atoms with van der Waals surface area (Å²) >= 11 is 0. The number of rotatable bonds is 2. The zero-order valence-corrected chi connectivity index (χ0v) is 8.68. The largest absolute Gasteiger partial charge is 0.221 e. The molecule has 0 unspecified atom stereocenters. The molecule has 0 atom stereocenters. The number of hydrogen-bond acceptors (Lipinski definition) is 2. The van der Waals surface area contributed by atoms with Crippen LogP contribution in [0, 0.1) is 5.82 Å². The summed E-state index contributed by atoms with van der Waals surface area (Å²) < 4.78 is 15.2. The van der Waals surface area contributed by atoms with E-state index in [1.807, 2.05) is 19.9 Å². The molecule has 0 N–H and O–H groups in total. The summed E-state index contributed by atoms with van der Waals surface area (Å²) in [5.41, 5.74) is 1.41. The molecule has 1 aromatic carbocycles. The minimum Gasteiger partial charge on any atom is -0.221 e. The molecular formula is C11H12FN3. The van der Waals surface area contributed by atoms with E-state index in [-0.39, 0.29) is 11.7 Å². The third-order valence-corrected chi connectivity index (χ3v) is 2.29. The molecule has 0 amide bonds. The van der Waals surface area contributed by atoms with Crippen LogP contribution in [0.4, 0.5) is 4.39 Å². The maximum absolute atomic E-state index is 13.6. The van der Waals surface area contributed by atoms with Gasteiger partial charge < -0.3 is 0 Å². The molecule has 0 spiro atoms. The molecule has 1 aromatic heterocycles. The van der Waals surface area contributed by atoms with Crippen molar-refractivity contribution >= 4 is 0 Å². The summed E-state index contributed by atoms with van der Waals surface area (Å²) in [5, 5.41) is 7.48. The predicted molar refractivity (Wildman–Crippen MR) is 55.4 cm³/mol. The lowest BCUT2D eigenvalue weighted by Gasteiger charge is -2.08. The Kier molecular flexibility index (Phi) is 2.49. The van der Waals surface area contributed by atoms with Crippen molar-refractivity contribution in [2.45, 2.75) is 19.8 Å².